The molecule has 0 bridgehead atoms. The maximum Gasteiger partial charge on any atom is 0.137 e. The predicted octanol–water partition coefficient (Wildman–Crippen LogP) is 4.38. The lowest BCUT2D eigenvalue weighted by molar-refractivity contribution is 0.585. The third-order valence-corrected chi connectivity index (χ3v) is 3.04. The average molecular weight is 334 g/mol. The van der Waals surface area contributed by atoms with E-state index < -0.39 is 17.5 Å². The van der Waals surface area contributed by atoms with Crippen LogP contribution in [0.4, 0.5) is 13.2 Å². The van der Waals surface area contributed by atoms with E-state index >= 15 is 0 Å². The van der Waals surface area contributed by atoms with Crippen LogP contribution in [0, 0.1) is 21.0 Å². The van der Waals surface area contributed by atoms with E-state index in [9.17, 15) is 13.2 Å². The number of halogens is 4. The molecular weight excluding hydrogens is 328 g/mol. The van der Waals surface area contributed by atoms with Gasteiger partial charge < -0.3 is 0 Å². The van der Waals surface area contributed by atoms with Crippen molar-refractivity contribution in [2.75, 3.05) is 0 Å². The van der Waals surface area contributed by atoms with E-state index in [1.165, 1.54) is 12.1 Å². The topological polar surface area (TPSA) is 0 Å². The Bertz CT molecular complexity index is 538. The minimum absolute atomic E-state index is 0.191. The van der Waals surface area contributed by atoms with Crippen LogP contribution in [-0.4, -0.2) is 0 Å². The van der Waals surface area contributed by atoms with Crippen molar-refractivity contribution < 1.29 is 13.2 Å². The Morgan fingerprint density at radius 2 is 1.56 bits per heavy atom. The Morgan fingerprint density at radius 1 is 0.812 bits per heavy atom. The second-order valence-electron chi connectivity index (χ2n) is 3.25. The van der Waals surface area contributed by atoms with Crippen LogP contribution >= 0.6 is 22.6 Å². The first-order valence-corrected chi connectivity index (χ1v) is 5.56. The summed E-state index contributed by atoms with van der Waals surface area (Å²) in [5.41, 5.74) is 0.590. The van der Waals surface area contributed by atoms with Crippen molar-refractivity contribution in [3.8, 4) is 11.1 Å². The van der Waals surface area contributed by atoms with Gasteiger partial charge in [0, 0.05) is 15.2 Å². The highest BCUT2D eigenvalue weighted by Crippen LogP contribution is 2.25. The average Bonchev–Trinajstić information content (AvgIpc) is 2.22. The Balaban J connectivity index is 2.54. The van der Waals surface area contributed by atoms with E-state index in [0.717, 1.165) is 12.1 Å². The largest absolute Gasteiger partial charge is 0.207 e. The first kappa shape index (κ1) is 11.4. The zero-order valence-electron chi connectivity index (χ0n) is 7.98. The van der Waals surface area contributed by atoms with Gasteiger partial charge in [-0.15, -0.1) is 0 Å². The smallest absolute Gasteiger partial charge is 0.137 e. The van der Waals surface area contributed by atoms with Gasteiger partial charge >= 0.3 is 0 Å². The minimum atomic E-state index is -0.694. The van der Waals surface area contributed by atoms with Crippen LogP contribution in [0.3, 0.4) is 0 Å². The van der Waals surface area contributed by atoms with Crippen molar-refractivity contribution >= 4 is 22.6 Å². The third-order valence-electron chi connectivity index (χ3n) is 2.16. The maximum atomic E-state index is 13.4. The third kappa shape index (κ3) is 2.21. The molecule has 2 aromatic rings. The summed E-state index contributed by atoms with van der Waals surface area (Å²) < 4.78 is 39.8. The molecule has 0 unspecified atom stereocenters. The van der Waals surface area contributed by atoms with Crippen molar-refractivity contribution in [1.29, 1.82) is 0 Å². The predicted molar refractivity (Wildman–Crippen MR) is 64.5 cm³/mol. The molecule has 0 N–H and O–H groups in total. The SMILES string of the molecule is Fc1ccc(-c2ccc(I)c(F)c2)c(F)c1. The van der Waals surface area contributed by atoms with E-state index in [4.69, 9.17) is 0 Å². The number of hydrogen-bond acceptors (Lipinski definition) is 0. The maximum absolute atomic E-state index is 13.4. The van der Waals surface area contributed by atoms with Crippen molar-refractivity contribution in [2.24, 2.45) is 0 Å². The fraction of sp³-hybridized carbons (Fsp3) is 0. The second-order valence-corrected chi connectivity index (χ2v) is 4.42. The summed E-state index contributed by atoms with van der Waals surface area (Å²) >= 11 is 1.85. The Morgan fingerprint density at radius 3 is 2.19 bits per heavy atom. The number of hydrogen-bond donors (Lipinski definition) is 0. The molecule has 0 aliphatic carbocycles. The molecule has 4 heteroatoms. The first-order valence-electron chi connectivity index (χ1n) is 4.48. The molecule has 0 radical (unpaired) electrons. The first-order chi connectivity index (χ1) is 7.58. The summed E-state index contributed by atoms with van der Waals surface area (Å²) in [5, 5.41) is 0. The van der Waals surface area contributed by atoms with Crippen molar-refractivity contribution in [1.82, 2.24) is 0 Å². The fourth-order valence-electron chi connectivity index (χ4n) is 1.39. The van der Waals surface area contributed by atoms with Gasteiger partial charge in [0.2, 0.25) is 0 Å². The molecule has 2 rings (SSSR count). The standard InChI is InChI=1S/C12H6F3I/c13-8-2-3-9(10(14)6-8)7-1-4-12(16)11(15)5-7/h1-6H. The van der Waals surface area contributed by atoms with Crippen LogP contribution in [0.1, 0.15) is 0 Å². The van der Waals surface area contributed by atoms with Gasteiger partial charge in [-0.2, -0.15) is 0 Å². The highest BCUT2D eigenvalue weighted by atomic mass is 127. The van der Waals surface area contributed by atoms with Crippen LogP contribution in [0.5, 0.6) is 0 Å². The highest BCUT2D eigenvalue weighted by Gasteiger charge is 2.08. The highest BCUT2D eigenvalue weighted by molar-refractivity contribution is 14.1. The molecule has 0 saturated heterocycles. The van der Waals surface area contributed by atoms with Gasteiger partial charge in [-0.1, -0.05) is 6.07 Å². The normalized spacial score (nSPS) is 10.5. The second kappa shape index (κ2) is 4.45. The molecule has 0 aliphatic heterocycles. The van der Waals surface area contributed by atoms with Crippen LogP contribution in [0.15, 0.2) is 36.4 Å². The van der Waals surface area contributed by atoms with Gasteiger partial charge in [0.15, 0.2) is 0 Å². The minimum Gasteiger partial charge on any atom is -0.207 e. The molecule has 2 aromatic carbocycles. The van der Waals surface area contributed by atoms with E-state index in [2.05, 4.69) is 0 Å². The van der Waals surface area contributed by atoms with Crippen molar-refractivity contribution in [3.63, 3.8) is 0 Å². The van der Waals surface area contributed by atoms with Crippen molar-refractivity contribution in [3.05, 3.63) is 57.4 Å². The van der Waals surface area contributed by atoms with Gasteiger partial charge in [0.05, 0.1) is 0 Å². The van der Waals surface area contributed by atoms with Crippen molar-refractivity contribution in [2.45, 2.75) is 0 Å². The van der Waals surface area contributed by atoms with Crippen LogP contribution in [0.2, 0.25) is 0 Å². The van der Waals surface area contributed by atoms with E-state index in [0.29, 0.717) is 9.13 Å². The molecule has 82 valence electrons. The lowest BCUT2D eigenvalue weighted by atomic mass is 10.1. The Kier molecular flexibility index (Phi) is 3.18. The molecule has 0 amide bonds. The van der Waals surface area contributed by atoms with Gasteiger partial charge in [-0.25, -0.2) is 13.2 Å². The van der Waals surface area contributed by atoms with E-state index in [1.54, 1.807) is 12.1 Å². The Hall–Kier alpha value is -1.04. The van der Waals surface area contributed by atoms with E-state index in [-0.39, 0.29) is 5.56 Å². The molecule has 0 saturated carbocycles. The van der Waals surface area contributed by atoms with Gasteiger partial charge in [0.25, 0.3) is 0 Å². The number of benzene rings is 2. The Labute approximate surface area is 104 Å². The zero-order valence-corrected chi connectivity index (χ0v) is 10.1. The van der Waals surface area contributed by atoms with Crippen LogP contribution < -0.4 is 0 Å². The molecule has 0 heterocycles. The summed E-state index contributed by atoms with van der Waals surface area (Å²) in [7, 11) is 0. The zero-order chi connectivity index (χ0) is 11.7. The molecule has 0 nitrogen and oxygen atoms in total. The summed E-state index contributed by atoms with van der Waals surface area (Å²) in [6, 6.07) is 7.61. The molecule has 16 heavy (non-hydrogen) atoms. The quantitative estimate of drug-likeness (QED) is 0.679. The van der Waals surface area contributed by atoms with Gasteiger partial charge in [-0.05, 0) is 52.4 Å². The van der Waals surface area contributed by atoms with Crippen LogP contribution in [-0.2, 0) is 0 Å². The number of rotatable bonds is 1. The molecular formula is C12H6F3I. The summed E-state index contributed by atoms with van der Waals surface area (Å²) in [6.45, 7) is 0. The monoisotopic (exact) mass is 334 g/mol. The summed E-state index contributed by atoms with van der Waals surface area (Å²) in [6.07, 6.45) is 0. The molecule has 0 aliphatic rings. The summed E-state index contributed by atoms with van der Waals surface area (Å²) in [4.78, 5) is 0. The van der Waals surface area contributed by atoms with Gasteiger partial charge in [-0.3, -0.25) is 0 Å². The fourth-order valence-corrected chi connectivity index (χ4v) is 1.72. The lowest BCUT2D eigenvalue weighted by Crippen LogP contribution is -1.88. The van der Waals surface area contributed by atoms with Crippen LogP contribution in [0.25, 0.3) is 11.1 Å². The van der Waals surface area contributed by atoms with E-state index in [1.807, 2.05) is 22.6 Å². The molecule has 0 aromatic heterocycles. The lowest BCUT2D eigenvalue weighted by Gasteiger charge is -2.04. The van der Waals surface area contributed by atoms with Gasteiger partial charge in [0.1, 0.15) is 17.5 Å². The summed E-state index contributed by atoms with van der Waals surface area (Å²) in [5.74, 6) is -1.75. The molecule has 0 fully saturated rings. The molecule has 0 spiro atoms. The molecule has 0 atom stereocenters.